The van der Waals surface area contributed by atoms with Gasteiger partial charge in [-0.2, -0.15) is 13.2 Å². The minimum absolute atomic E-state index is 0.0979. The van der Waals surface area contributed by atoms with Crippen LogP contribution in [-0.2, 0) is 17.4 Å². The average Bonchev–Trinajstić information content (AvgIpc) is 2.47. The van der Waals surface area contributed by atoms with E-state index >= 15 is 0 Å². The molecule has 1 atom stereocenters. The molecule has 116 valence electrons. The van der Waals surface area contributed by atoms with Gasteiger partial charge in [0.15, 0.2) is 0 Å². The molecule has 0 bridgehead atoms. The van der Waals surface area contributed by atoms with Crippen molar-refractivity contribution in [1.82, 2.24) is 10.3 Å². The van der Waals surface area contributed by atoms with Crippen molar-refractivity contribution in [2.45, 2.75) is 25.6 Å². The maximum absolute atomic E-state index is 12.6. The van der Waals surface area contributed by atoms with Gasteiger partial charge in [-0.25, -0.2) is 0 Å². The molecule has 1 N–H and O–H groups in total. The number of halogens is 3. The lowest BCUT2D eigenvalue weighted by molar-refractivity contribution is -0.137. The lowest BCUT2D eigenvalue weighted by Gasteiger charge is -2.14. The van der Waals surface area contributed by atoms with Crippen molar-refractivity contribution in [2.75, 3.05) is 0 Å². The van der Waals surface area contributed by atoms with Crippen molar-refractivity contribution in [3.8, 4) is 0 Å². The number of hydrogen-bond acceptors (Lipinski definition) is 2. The molecule has 0 aliphatic heterocycles. The zero-order valence-electron chi connectivity index (χ0n) is 11.9. The van der Waals surface area contributed by atoms with Crippen molar-refractivity contribution in [1.29, 1.82) is 0 Å². The number of carbonyl (C=O) groups excluding carboxylic acids is 1. The van der Waals surface area contributed by atoms with Crippen LogP contribution in [0.5, 0.6) is 0 Å². The van der Waals surface area contributed by atoms with E-state index in [-0.39, 0.29) is 18.4 Å². The molecule has 0 saturated carbocycles. The molecule has 1 amide bonds. The number of alkyl halides is 3. The van der Waals surface area contributed by atoms with E-state index in [9.17, 15) is 18.0 Å². The number of pyridine rings is 1. The van der Waals surface area contributed by atoms with Gasteiger partial charge >= 0.3 is 6.18 Å². The summed E-state index contributed by atoms with van der Waals surface area (Å²) in [5, 5.41) is 2.75. The quantitative estimate of drug-likeness (QED) is 0.939. The summed E-state index contributed by atoms with van der Waals surface area (Å²) in [4.78, 5) is 15.8. The Balaban J connectivity index is 2.01. The molecule has 3 nitrogen and oxygen atoms in total. The molecule has 1 aromatic carbocycles. The number of benzene rings is 1. The molecule has 0 fully saturated rings. The molecule has 2 aromatic rings. The van der Waals surface area contributed by atoms with Crippen LogP contribution in [0.25, 0.3) is 0 Å². The molecule has 2 rings (SSSR count). The molecule has 0 unspecified atom stereocenters. The highest BCUT2D eigenvalue weighted by molar-refractivity contribution is 5.79. The lowest BCUT2D eigenvalue weighted by atomic mass is 10.1. The van der Waals surface area contributed by atoms with Crippen LogP contribution < -0.4 is 5.32 Å². The Bertz CT molecular complexity index is 641. The first-order valence-corrected chi connectivity index (χ1v) is 6.71. The van der Waals surface area contributed by atoms with E-state index < -0.39 is 11.7 Å². The smallest absolute Gasteiger partial charge is 0.349 e. The molecule has 22 heavy (non-hydrogen) atoms. The normalized spacial score (nSPS) is 12.7. The summed E-state index contributed by atoms with van der Waals surface area (Å²) in [5.74, 6) is -0.330. The summed E-state index contributed by atoms with van der Waals surface area (Å²) in [7, 11) is 0. The first-order valence-electron chi connectivity index (χ1n) is 6.71. The number of nitrogens with zero attached hydrogens (tertiary/aromatic N) is 1. The van der Waals surface area contributed by atoms with Gasteiger partial charge in [-0.15, -0.1) is 0 Å². The third kappa shape index (κ3) is 4.31. The zero-order valence-corrected chi connectivity index (χ0v) is 11.9. The highest BCUT2D eigenvalue weighted by Gasteiger charge is 2.30. The first kappa shape index (κ1) is 16.0. The van der Waals surface area contributed by atoms with Gasteiger partial charge in [-0.05, 0) is 36.2 Å². The Morgan fingerprint density at radius 3 is 2.55 bits per heavy atom. The standard InChI is InChI=1S/C16H15F3N2O/c1-11(13-5-7-20-8-6-13)21-15(22)10-12-3-2-4-14(9-12)16(17,18)19/h2-9,11H,10H2,1H3,(H,21,22)/t11-/m1/s1. The number of amides is 1. The second-order valence-electron chi connectivity index (χ2n) is 4.94. The highest BCUT2D eigenvalue weighted by atomic mass is 19.4. The van der Waals surface area contributed by atoms with E-state index in [1.807, 2.05) is 0 Å². The number of rotatable bonds is 4. The molecular weight excluding hydrogens is 293 g/mol. The summed E-state index contributed by atoms with van der Waals surface area (Å²) in [6, 6.07) is 8.10. The molecule has 1 heterocycles. The molecule has 1 aromatic heterocycles. The van der Waals surface area contributed by atoms with Gasteiger partial charge in [-0.1, -0.05) is 18.2 Å². The van der Waals surface area contributed by atoms with Crippen LogP contribution in [-0.4, -0.2) is 10.9 Å². The first-order chi connectivity index (χ1) is 10.4. The molecule has 0 saturated heterocycles. The van der Waals surface area contributed by atoms with Gasteiger partial charge < -0.3 is 5.32 Å². The van der Waals surface area contributed by atoms with Crippen LogP contribution in [0.3, 0.4) is 0 Å². The zero-order chi connectivity index (χ0) is 16.2. The van der Waals surface area contributed by atoms with Gasteiger partial charge in [-0.3, -0.25) is 9.78 Å². The highest BCUT2D eigenvalue weighted by Crippen LogP contribution is 2.29. The van der Waals surface area contributed by atoms with Gasteiger partial charge in [0, 0.05) is 12.4 Å². The third-order valence-corrected chi connectivity index (χ3v) is 3.20. The lowest BCUT2D eigenvalue weighted by Crippen LogP contribution is -2.28. The van der Waals surface area contributed by atoms with E-state index in [0.29, 0.717) is 5.56 Å². The van der Waals surface area contributed by atoms with Crippen LogP contribution in [0.1, 0.15) is 29.7 Å². The number of carbonyl (C=O) groups is 1. The minimum Gasteiger partial charge on any atom is -0.349 e. The van der Waals surface area contributed by atoms with E-state index in [1.54, 1.807) is 31.5 Å². The fourth-order valence-electron chi connectivity index (χ4n) is 2.07. The van der Waals surface area contributed by atoms with E-state index in [4.69, 9.17) is 0 Å². The Morgan fingerprint density at radius 1 is 1.23 bits per heavy atom. The fraction of sp³-hybridized carbons (Fsp3) is 0.250. The van der Waals surface area contributed by atoms with Crippen LogP contribution in [0.2, 0.25) is 0 Å². The van der Waals surface area contributed by atoms with Crippen molar-refractivity contribution in [2.24, 2.45) is 0 Å². The van der Waals surface area contributed by atoms with Gasteiger partial charge in [0.05, 0.1) is 18.0 Å². The average molecular weight is 308 g/mol. The molecule has 0 spiro atoms. The maximum Gasteiger partial charge on any atom is 0.416 e. The van der Waals surface area contributed by atoms with E-state index in [2.05, 4.69) is 10.3 Å². The monoisotopic (exact) mass is 308 g/mol. The SMILES string of the molecule is C[C@@H](NC(=O)Cc1cccc(C(F)(F)F)c1)c1ccncc1. The molecule has 6 heteroatoms. The third-order valence-electron chi connectivity index (χ3n) is 3.20. The molecule has 0 radical (unpaired) electrons. The van der Waals surface area contributed by atoms with E-state index in [0.717, 1.165) is 17.7 Å². The van der Waals surface area contributed by atoms with Crippen LogP contribution in [0.15, 0.2) is 48.8 Å². The molecule has 0 aliphatic carbocycles. The number of nitrogens with one attached hydrogen (secondary N) is 1. The Morgan fingerprint density at radius 2 is 1.91 bits per heavy atom. The van der Waals surface area contributed by atoms with E-state index in [1.165, 1.54) is 12.1 Å². The maximum atomic E-state index is 12.6. The predicted octanol–water partition coefficient (Wildman–Crippen LogP) is 3.52. The molecule has 0 aliphatic rings. The Hall–Kier alpha value is -2.37. The second kappa shape index (κ2) is 6.60. The van der Waals surface area contributed by atoms with Gasteiger partial charge in [0.25, 0.3) is 0 Å². The largest absolute Gasteiger partial charge is 0.416 e. The number of aromatic nitrogens is 1. The second-order valence-corrected chi connectivity index (χ2v) is 4.94. The summed E-state index contributed by atoms with van der Waals surface area (Å²) in [5.41, 5.74) is 0.460. The van der Waals surface area contributed by atoms with Gasteiger partial charge in [0.2, 0.25) is 5.91 Å². The fourth-order valence-corrected chi connectivity index (χ4v) is 2.07. The van der Waals surface area contributed by atoms with Crippen LogP contribution in [0, 0.1) is 0 Å². The summed E-state index contributed by atoms with van der Waals surface area (Å²) < 4.78 is 37.9. The summed E-state index contributed by atoms with van der Waals surface area (Å²) in [6.45, 7) is 1.80. The van der Waals surface area contributed by atoms with Crippen molar-refractivity contribution in [3.05, 3.63) is 65.5 Å². The predicted molar refractivity (Wildman–Crippen MR) is 75.9 cm³/mol. The number of hydrogen-bond donors (Lipinski definition) is 1. The van der Waals surface area contributed by atoms with Gasteiger partial charge in [0.1, 0.15) is 0 Å². The van der Waals surface area contributed by atoms with Crippen molar-refractivity contribution < 1.29 is 18.0 Å². The van der Waals surface area contributed by atoms with Crippen LogP contribution in [0.4, 0.5) is 13.2 Å². The summed E-state index contributed by atoms with van der Waals surface area (Å²) >= 11 is 0. The Kier molecular flexibility index (Phi) is 4.80. The topological polar surface area (TPSA) is 42.0 Å². The van der Waals surface area contributed by atoms with Crippen LogP contribution >= 0.6 is 0 Å². The van der Waals surface area contributed by atoms with Crippen molar-refractivity contribution in [3.63, 3.8) is 0 Å². The summed E-state index contributed by atoms with van der Waals surface area (Å²) in [6.07, 6.45) is -1.27. The van der Waals surface area contributed by atoms with Crippen molar-refractivity contribution >= 4 is 5.91 Å². The minimum atomic E-state index is -4.41. The molecular formula is C16H15F3N2O. The Labute approximate surface area is 126 Å².